The fourth-order valence-corrected chi connectivity index (χ4v) is 3.20. The predicted molar refractivity (Wildman–Crippen MR) is 137 cm³/mol. The number of carbonyl (C=O) groups excluding carboxylic acids is 2. The van der Waals surface area contributed by atoms with Crippen molar-refractivity contribution in [1.29, 1.82) is 0 Å². The number of hydrogen-bond donors (Lipinski definition) is 2. The van der Waals surface area contributed by atoms with Crippen LogP contribution in [0.4, 0.5) is 0 Å². The quantitative estimate of drug-likeness (QED) is 0.256. The Bertz CT molecular complexity index is 1270. The number of amides is 2. The monoisotopic (exact) mass is 489 g/mol. The molecule has 0 saturated carbocycles. The summed E-state index contributed by atoms with van der Waals surface area (Å²) < 4.78 is 21.1. The van der Waals surface area contributed by atoms with E-state index in [9.17, 15) is 9.59 Å². The van der Waals surface area contributed by atoms with E-state index >= 15 is 0 Å². The molecule has 0 spiro atoms. The van der Waals surface area contributed by atoms with Gasteiger partial charge >= 0.3 is 0 Å². The maximum atomic E-state index is 13.0. The van der Waals surface area contributed by atoms with Gasteiger partial charge in [-0.1, -0.05) is 24.3 Å². The summed E-state index contributed by atoms with van der Waals surface area (Å²) in [6.07, 6.45) is 2.95. The van der Waals surface area contributed by atoms with Crippen LogP contribution in [0.15, 0.2) is 77.5 Å². The molecule has 0 radical (unpaired) electrons. The van der Waals surface area contributed by atoms with Gasteiger partial charge < -0.3 is 24.3 Å². The number of hydrazone groups is 1. The molecule has 0 aromatic heterocycles. The summed E-state index contributed by atoms with van der Waals surface area (Å²) in [5, 5.41) is 6.68. The summed E-state index contributed by atoms with van der Waals surface area (Å²) in [7, 11) is 6.12. The van der Waals surface area contributed by atoms with Crippen LogP contribution < -0.4 is 29.7 Å². The molecule has 0 fully saturated rings. The Balaban J connectivity index is 1.87. The molecular weight excluding hydrogens is 462 g/mol. The zero-order valence-corrected chi connectivity index (χ0v) is 20.4. The average Bonchev–Trinajstić information content (AvgIpc) is 2.92. The van der Waals surface area contributed by atoms with E-state index in [4.69, 9.17) is 18.9 Å². The first-order chi connectivity index (χ1) is 17.5. The van der Waals surface area contributed by atoms with Crippen LogP contribution in [-0.4, -0.2) is 46.5 Å². The predicted octanol–water partition coefficient (Wildman–Crippen LogP) is 3.64. The van der Waals surface area contributed by atoms with E-state index in [0.717, 1.165) is 0 Å². The maximum absolute atomic E-state index is 13.0. The van der Waals surface area contributed by atoms with Crippen LogP contribution in [0.3, 0.4) is 0 Å². The van der Waals surface area contributed by atoms with E-state index in [1.807, 2.05) is 0 Å². The van der Waals surface area contributed by atoms with Crippen LogP contribution in [0, 0.1) is 0 Å². The zero-order chi connectivity index (χ0) is 25.9. The standard InChI is InChI=1S/C27H27N3O6/c1-33-21-12-11-20(24(16-21)35-3)17-28-30-27(32)22(29-26(31)19-8-6-5-7-9-19)14-18-10-13-23(34-2)25(15-18)36-4/h5-17H,1-4H3,(H,29,31)(H,30,32)/b22-14+,28-17-. The number of ether oxygens (including phenoxy) is 4. The Kier molecular flexibility index (Phi) is 9.05. The molecule has 0 aliphatic heterocycles. The van der Waals surface area contributed by atoms with Gasteiger partial charge in [0, 0.05) is 17.2 Å². The number of nitrogens with one attached hydrogen (secondary N) is 2. The van der Waals surface area contributed by atoms with Crippen LogP contribution >= 0.6 is 0 Å². The van der Waals surface area contributed by atoms with Gasteiger partial charge in [0.15, 0.2) is 11.5 Å². The van der Waals surface area contributed by atoms with Gasteiger partial charge in [-0.3, -0.25) is 9.59 Å². The van der Waals surface area contributed by atoms with Gasteiger partial charge in [-0.15, -0.1) is 0 Å². The van der Waals surface area contributed by atoms with Gasteiger partial charge in [-0.25, -0.2) is 5.43 Å². The molecule has 3 aromatic rings. The second-order valence-corrected chi connectivity index (χ2v) is 7.30. The van der Waals surface area contributed by atoms with Crippen molar-refractivity contribution in [1.82, 2.24) is 10.7 Å². The normalized spacial score (nSPS) is 11.1. The highest BCUT2D eigenvalue weighted by Crippen LogP contribution is 2.28. The molecule has 0 bridgehead atoms. The third-order valence-corrected chi connectivity index (χ3v) is 5.06. The lowest BCUT2D eigenvalue weighted by Crippen LogP contribution is -2.32. The minimum atomic E-state index is -0.627. The molecule has 0 heterocycles. The van der Waals surface area contributed by atoms with Crippen molar-refractivity contribution >= 4 is 24.1 Å². The van der Waals surface area contributed by atoms with Gasteiger partial charge in [-0.2, -0.15) is 5.10 Å². The lowest BCUT2D eigenvalue weighted by molar-refractivity contribution is -0.117. The third kappa shape index (κ3) is 6.63. The Labute approximate surface area is 209 Å². The van der Waals surface area contributed by atoms with Crippen molar-refractivity contribution in [3.63, 3.8) is 0 Å². The second kappa shape index (κ2) is 12.6. The van der Waals surface area contributed by atoms with E-state index in [-0.39, 0.29) is 5.70 Å². The molecular formula is C27H27N3O6. The first-order valence-corrected chi connectivity index (χ1v) is 10.8. The smallest absolute Gasteiger partial charge is 0.287 e. The molecule has 0 saturated heterocycles. The first-order valence-electron chi connectivity index (χ1n) is 10.8. The lowest BCUT2D eigenvalue weighted by Gasteiger charge is -2.11. The highest BCUT2D eigenvalue weighted by Gasteiger charge is 2.15. The molecule has 0 atom stereocenters. The molecule has 9 heteroatoms. The van der Waals surface area contributed by atoms with E-state index < -0.39 is 11.8 Å². The molecule has 2 amide bonds. The first kappa shape index (κ1) is 25.8. The molecule has 3 aromatic carbocycles. The van der Waals surface area contributed by atoms with E-state index in [2.05, 4.69) is 15.8 Å². The van der Waals surface area contributed by atoms with Gasteiger partial charge in [0.2, 0.25) is 0 Å². The van der Waals surface area contributed by atoms with Crippen molar-refractivity contribution in [2.45, 2.75) is 0 Å². The van der Waals surface area contributed by atoms with Crippen LogP contribution in [0.2, 0.25) is 0 Å². The summed E-state index contributed by atoms with van der Waals surface area (Å²) in [4.78, 5) is 25.8. The SMILES string of the molecule is COc1ccc(/C=N\NC(=O)/C(=C\c2ccc(OC)c(OC)c2)NC(=O)c2ccccc2)c(OC)c1. The average molecular weight is 490 g/mol. The number of carbonyl (C=O) groups is 2. The highest BCUT2D eigenvalue weighted by atomic mass is 16.5. The number of nitrogens with zero attached hydrogens (tertiary/aromatic N) is 1. The van der Waals surface area contributed by atoms with E-state index in [1.54, 1.807) is 73.8 Å². The number of methoxy groups -OCH3 is 4. The molecule has 3 rings (SSSR count). The van der Waals surface area contributed by atoms with E-state index in [0.29, 0.717) is 39.7 Å². The van der Waals surface area contributed by atoms with Crippen molar-refractivity contribution in [3.05, 3.63) is 89.1 Å². The largest absolute Gasteiger partial charge is 0.497 e. The summed E-state index contributed by atoms with van der Waals surface area (Å²) in [5.41, 5.74) is 4.05. The fraction of sp³-hybridized carbons (Fsp3) is 0.148. The van der Waals surface area contributed by atoms with Crippen molar-refractivity contribution in [2.24, 2.45) is 5.10 Å². The van der Waals surface area contributed by atoms with Gasteiger partial charge in [0.25, 0.3) is 11.8 Å². The minimum absolute atomic E-state index is 0.0186. The van der Waals surface area contributed by atoms with E-state index in [1.165, 1.54) is 33.6 Å². The van der Waals surface area contributed by atoms with Gasteiger partial charge in [0.1, 0.15) is 17.2 Å². The minimum Gasteiger partial charge on any atom is -0.497 e. The van der Waals surface area contributed by atoms with Crippen molar-refractivity contribution in [2.75, 3.05) is 28.4 Å². The maximum Gasteiger partial charge on any atom is 0.287 e. The topological polar surface area (TPSA) is 107 Å². The van der Waals surface area contributed by atoms with Crippen molar-refractivity contribution < 1.29 is 28.5 Å². The van der Waals surface area contributed by atoms with Gasteiger partial charge in [0.05, 0.1) is 34.7 Å². The molecule has 0 aliphatic carbocycles. The van der Waals surface area contributed by atoms with Crippen LogP contribution in [0.25, 0.3) is 6.08 Å². The second-order valence-electron chi connectivity index (χ2n) is 7.30. The van der Waals surface area contributed by atoms with Crippen LogP contribution in [-0.2, 0) is 4.79 Å². The summed E-state index contributed by atoms with van der Waals surface area (Å²) in [6, 6.07) is 18.9. The number of rotatable bonds is 10. The summed E-state index contributed by atoms with van der Waals surface area (Å²) in [6.45, 7) is 0. The fourth-order valence-electron chi connectivity index (χ4n) is 3.20. The summed E-state index contributed by atoms with van der Waals surface area (Å²) in [5.74, 6) is 1.08. The lowest BCUT2D eigenvalue weighted by atomic mass is 10.1. The molecule has 0 unspecified atom stereocenters. The molecule has 9 nitrogen and oxygen atoms in total. The number of hydrogen-bond acceptors (Lipinski definition) is 7. The zero-order valence-electron chi connectivity index (χ0n) is 20.4. The Morgan fingerprint density at radius 3 is 2.17 bits per heavy atom. The van der Waals surface area contributed by atoms with Gasteiger partial charge in [-0.05, 0) is 48.0 Å². The van der Waals surface area contributed by atoms with Crippen LogP contribution in [0.1, 0.15) is 21.5 Å². The Hall–Kier alpha value is -4.79. The molecule has 186 valence electrons. The highest BCUT2D eigenvalue weighted by molar-refractivity contribution is 6.05. The third-order valence-electron chi connectivity index (χ3n) is 5.06. The Morgan fingerprint density at radius 2 is 1.50 bits per heavy atom. The van der Waals surface area contributed by atoms with Crippen LogP contribution in [0.5, 0.6) is 23.0 Å². The number of benzene rings is 3. The Morgan fingerprint density at radius 1 is 0.778 bits per heavy atom. The molecule has 0 aliphatic rings. The van der Waals surface area contributed by atoms with Crippen molar-refractivity contribution in [3.8, 4) is 23.0 Å². The molecule has 36 heavy (non-hydrogen) atoms. The summed E-state index contributed by atoms with van der Waals surface area (Å²) >= 11 is 0. The molecule has 2 N–H and O–H groups in total.